The van der Waals surface area contributed by atoms with E-state index in [0.717, 1.165) is 0 Å². The zero-order chi connectivity index (χ0) is 6.62. The van der Waals surface area contributed by atoms with Crippen LogP contribution in [0.1, 0.15) is 19.8 Å². The van der Waals surface area contributed by atoms with Crippen molar-refractivity contribution in [2.75, 3.05) is 6.61 Å². The highest BCUT2D eigenvalue weighted by Gasteiger charge is 2.22. The minimum Gasteiger partial charge on any atom is -0.392 e. The molecule has 0 aromatic carbocycles. The Morgan fingerprint density at radius 3 is 2.38 bits per heavy atom. The van der Waals surface area contributed by atoms with E-state index in [1.165, 1.54) is 0 Å². The Hall–Kier alpha value is 0.180. The molecule has 50 valence electrons. The van der Waals surface area contributed by atoms with Crippen LogP contribution in [0.4, 0.5) is 4.39 Å². The molecule has 0 unspecified atom stereocenters. The fraction of sp³-hybridized carbons (Fsp3) is 1.00. The van der Waals surface area contributed by atoms with Crippen molar-refractivity contribution >= 4 is 11.6 Å². The fourth-order valence-corrected chi connectivity index (χ4v) is 0.634. The van der Waals surface area contributed by atoms with Crippen molar-refractivity contribution in [3.63, 3.8) is 0 Å². The molecule has 0 aromatic heterocycles. The molecule has 1 N–H and O–H groups in total. The number of alkyl halides is 2. The van der Waals surface area contributed by atoms with Crippen molar-refractivity contribution < 1.29 is 9.50 Å². The number of hydrogen-bond acceptors (Lipinski definition) is 1. The normalized spacial score (nSPS) is 18.0. The zero-order valence-electron chi connectivity index (χ0n) is 4.82. The lowest BCUT2D eigenvalue weighted by Crippen LogP contribution is -2.18. The summed E-state index contributed by atoms with van der Waals surface area (Å²) < 4.78 is 12.3. The van der Waals surface area contributed by atoms with Crippen molar-refractivity contribution in [2.45, 2.75) is 24.9 Å². The predicted molar refractivity (Wildman–Crippen MR) is 31.7 cm³/mol. The van der Waals surface area contributed by atoms with Crippen molar-refractivity contribution in [3.05, 3.63) is 0 Å². The van der Waals surface area contributed by atoms with Crippen LogP contribution >= 0.6 is 11.6 Å². The standard InChI is InChI=1S/C5H10ClFO/c1-2-3-5(6,7)4-8/h8H,2-4H2,1H3/t5-/m0/s1. The van der Waals surface area contributed by atoms with Gasteiger partial charge in [-0.2, -0.15) is 0 Å². The molecular weight excluding hydrogens is 131 g/mol. The van der Waals surface area contributed by atoms with Crippen molar-refractivity contribution in [1.82, 2.24) is 0 Å². The van der Waals surface area contributed by atoms with E-state index >= 15 is 0 Å². The third-order valence-corrected chi connectivity index (χ3v) is 1.16. The van der Waals surface area contributed by atoms with Gasteiger partial charge < -0.3 is 5.11 Å². The van der Waals surface area contributed by atoms with Gasteiger partial charge in [-0.3, -0.25) is 0 Å². The Kier molecular flexibility index (Phi) is 3.33. The molecule has 0 radical (unpaired) electrons. The van der Waals surface area contributed by atoms with E-state index < -0.39 is 11.7 Å². The van der Waals surface area contributed by atoms with Crippen LogP contribution in [-0.4, -0.2) is 16.8 Å². The van der Waals surface area contributed by atoms with Gasteiger partial charge in [0.05, 0.1) is 6.61 Å². The van der Waals surface area contributed by atoms with Crippen LogP contribution in [0, 0.1) is 0 Å². The van der Waals surface area contributed by atoms with E-state index in [0.29, 0.717) is 6.42 Å². The van der Waals surface area contributed by atoms with Crippen molar-refractivity contribution in [2.24, 2.45) is 0 Å². The lowest BCUT2D eigenvalue weighted by molar-refractivity contribution is 0.135. The molecule has 0 fully saturated rings. The Morgan fingerprint density at radius 1 is 1.75 bits per heavy atom. The fourth-order valence-electron chi connectivity index (χ4n) is 0.445. The number of halogens is 2. The summed E-state index contributed by atoms with van der Waals surface area (Å²) in [6, 6.07) is 0. The Morgan fingerprint density at radius 2 is 2.25 bits per heavy atom. The summed E-state index contributed by atoms with van der Waals surface area (Å²) in [6.07, 6.45) is 0.867. The van der Waals surface area contributed by atoms with Crippen LogP contribution in [0.5, 0.6) is 0 Å². The first-order chi connectivity index (χ1) is 3.62. The quantitative estimate of drug-likeness (QED) is 0.592. The molecule has 1 atom stereocenters. The minimum absolute atomic E-state index is 0.213. The molecule has 0 spiro atoms. The first-order valence-electron chi connectivity index (χ1n) is 2.61. The Bertz CT molecular complexity index is 65.4. The Balaban J connectivity index is 3.37. The maximum Gasteiger partial charge on any atom is 0.206 e. The van der Waals surface area contributed by atoms with Crippen LogP contribution in [0.3, 0.4) is 0 Å². The molecule has 0 amide bonds. The second kappa shape index (κ2) is 3.25. The van der Waals surface area contributed by atoms with Crippen molar-refractivity contribution in [1.29, 1.82) is 0 Å². The van der Waals surface area contributed by atoms with Crippen LogP contribution in [-0.2, 0) is 0 Å². The van der Waals surface area contributed by atoms with Gasteiger partial charge in [0.25, 0.3) is 0 Å². The van der Waals surface area contributed by atoms with Crippen LogP contribution in [0.2, 0.25) is 0 Å². The average molecular weight is 141 g/mol. The second-order valence-corrected chi connectivity index (χ2v) is 2.44. The summed E-state index contributed by atoms with van der Waals surface area (Å²) in [5.74, 6) is 0. The molecule has 3 heteroatoms. The summed E-state index contributed by atoms with van der Waals surface area (Å²) in [6.45, 7) is 1.22. The van der Waals surface area contributed by atoms with Gasteiger partial charge in [-0.1, -0.05) is 24.9 Å². The largest absolute Gasteiger partial charge is 0.392 e. The molecule has 0 aromatic rings. The summed E-state index contributed by atoms with van der Waals surface area (Å²) in [4.78, 5) is 0. The van der Waals surface area contributed by atoms with Gasteiger partial charge >= 0.3 is 0 Å². The molecule has 1 nitrogen and oxygen atoms in total. The van der Waals surface area contributed by atoms with Gasteiger partial charge in [0.1, 0.15) is 0 Å². The zero-order valence-corrected chi connectivity index (χ0v) is 5.58. The number of aliphatic hydroxyl groups excluding tert-OH is 1. The smallest absolute Gasteiger partial charge is 0.206 e. The molecule has 0 rings (SSSR count). The Labute approximate surface area is 53.5 Å². The maximum absolute atomic E-state index is 12.3. The van der Waals surface area contributed by atoms with Gasteiger partial charge in [-0.15, -0.1) is 0 Å². The molecular formula is C5H10ClFO. The van der Waals surface area contributed by atoms with E-state index in [1.54, 1.807) is 0 Å². The second-order valence-electron chi connectivity index (χ2n) is 1.76. The van der Waals surface area contributed by atoms with E-state index in [-0.39, 0.29) is 6.42 Å². The van der Waals surface area contributed by atoms with Gasteiger partial charge in [-0.05, 0) is 6.42 Å². The van der Waals surface area contributed by atoms with Gasteiger partial charge in [0.15, 0.2) is 0 Å². The lowest BCUT2D eigenvalue weighted by Gasteiger charge is -2.11. The summed E-state index contributed by atoms with van der Waals surface area (Å²) in [5, 5.41) is 6.34. The summed E-state index contributed by atoms with van der Waals surface area (Å²) in [5.41, 5.74) is 0. The molecule has 8 heavy (non-hydrogen) atoms. The van der Waals surface area contributed by atoms with Gasteiger partial charge in [0.2, 0.25) is 5.13 Å². The van der Waals surface area contributed by atoms with Crippen LogP contribution in [0.25, 0.3) is 0 Å². The van der Waals surface area contributed by atoms with Crippen LogP contribution < -0.4 is 0 Å². The molecule has 0 saturated carbocycles. The third kappa shape index (κ3) is 3.22. The average Bonchev–Trinajstić information content (AvgIpc) is 1.67. The molecule has 0 aliphatic heterocycles. The molecule has 0 heterocycles. The summed E-state index contributed by atoms with van der Waals surface area (Å²) >= 11 is 5.10. The van der Waals surface area contributed by atoms with Gasteiger partial charge in [-0.25, -0.2) is 4.39 Å². The molecule has 0 saturated heterocycles. The predicted octanol–water partition coefficient (Wildman–Crippen LogP) is 1.68. The van der Waals surface area contributed by atoms with E-state index in [4.69, 9.17) is 16.7 Å². The molecule has 0 aliphatic rings. The minimum atomic E-state index is -1.88. The first kappa shape index (κ1) is 8.18. The monoisotopic (exact) mass is 140 g/mol. The molecule has 0 aliphatic carbocycles. The highest BCUT2D eigenvalue weighted by molar-refractivity contribution is 6.22. The van der Waals surface area contributed by atoms with E-state index in [9.17, 15) is 4.39 Å². The SMILES string of the molecule is CCC[C@@](F)(Cl)CO. The molecule has 0 bridgehead atoms. The topological polar surface area (TPSA) is 20.2 Å². The number of hydrogen-bond donors (Lipinski definition) is 1. The van der Waals surface area contributed by atoms with Crippen molar-refractivity contribution in [3.8, 4) is 0 Å². The first-order valence-corrected chi connectivity index (χ1v) is 2.99. The van der Waals surface area contributed by atoms with Gasteiger partial charge in [0, 0.05) is 0 Å². The summed E-state index contributed by atoms with van der Waals surface area (Å²) in [7, 11) is 0. The number of aliphatic hydroxyl groups is 1. The highest BCUT2D eigenvalue weighted by atomic mass is 35.5. The maximum atomic E-state index is 12.3. The number of rotatable bonds is 3. The van der Waals surface area contributed by atoms with Crippen LogP contribution in [0.15, 0.2) is 0 Å². The van der Waals surface area contributed by atoms with E-state index in [2.05, 4.69) is 0 Å². The van der Waals surface area contributed by atoms with E-state index in [1.807, 2.05) is 6.92 Å². The lowest BCUT2D eigenvalue weighted by atomic mass is 10.2. The third-order valence-electron chi connectivity index (χ3n) is 0.847. The highest BCUT2D eigenvalue weighted by Crippen LogP contribution is 2.21.